The van der Waals surface area contributed by atoms with Gasteiger partial charge in [-0.05, 0) is 49.8 Å². The van der Waals surface area contributed by atoms with E-state index in [1.807, 2.05) is 29.2 Å². The van der Waals surface area contributed by atoms with Crippen LogP contribution in [-0.4, -0.2) is 44.3 Å². The summed E-state index contributed by atoms with van der Waals surface area (Å²) in [6.07, 6.45) is 3.27. The summed E-state index contributed by atoms with van der Waals surface area (Å²) in [6, 6.07) is 8.18. The van der Waals surface area contributed by atoms with Crippen LogP contribution >= 0.6 is 0 Å². The molecule has 0 aliphatic heterocycles. The van der Waals surface area contributed by atoms with Crippen molar-refractivity contribution in [1.82, 2.24) is 10.2 Å². The predicted molar refractivity (Wildman–Crippen MR) is 90.6 cm³/mol. The van der Waals surface area contributed by atoms with Gasteiger partial charge in [-0.15, -0.1) is 0 Å². The maximum absolute atomic E-state index is 12.6. The molecule has 0 aromatic heterocycles. The summed E-state index contributed by atoms with van der Waals surface area (Å²) in [7, 11) is 3.33. The number of ether oxygens (including phenoxy) is 2. The molecule has 1 N–H and O–H groups in total. The Kier molecular flexibility index (Phi) is 6.71. The van der Waals surface area contributed by atoms with E-state index in [9.17, 15) is 4.79 Å². The van der Waals surface area contributed by atoms with E-state index in [1.165, 1.54) is 12.8 Å². The summed E-state index contributed by atoms with van der Waals surface area (Å²) >= 11 is 0. The molecule has 1 atom stereocenters. The zero-order chi connectivity index (χ0) is 16.7. The first kappa shape index (κ1) is 17.6. The van der Waals surface area contributed by atoms with Gasteiger partial charge in [-0.2, -0.15) is 0 Å². The van der Waals surface area contributed by atoms with E-state index in [1.54, 1.807) is 14.2 Å². The molecule has 0 heterocycles. The molecule has 5 heteroatoms. The molecule has 1 fully saturated rings. The number of urea groups is 1. The van der Waals surface area contributed by atoms with Gasteiger partial charge in [0.2, 0.25) is 0 Å². The molecule has 2 rings (SSSR count). The SMILES string of the molecule is COCCCNC(=O)N(Cc1ccc(OC)cc1)[C@H](C)C1CC1. The molecule has 1 saturated carbocycles. The second-order valence-electron chi connectivity index (χ2n) is 6.13. The van der Waals surface area contributed by atoms with Crippen molar-refractivity contribution in [2.45, 2.75) is 38.8 Å². The van der Waals surface area contributed by atoms with Crippen molar-refractivity contribution in [3.8, 4) is 5.75 Å². The number of methoxy groups -OCH3 is 2. The van der Waals surface area contributed by atoms with E-state index in [-0.39, 0.29) is 12.1 Å². The van der Waals surface area contributed by atoms with Crippen LogP contribution < -0.4 is 10.1 Å². The van der Waals surface area contributed by atoms with E-state index >= 15 is 0 Å². The maximum atomic E-state index is 12.6. The molecule has 0 radical (unpaired) electrons. The highest BCUT2D eigenvalue weighted by atomic mass is 16.5. The summed E-state index contributed by atoms with van der Waals surface area (Å²) in [5.74, 6) is 1.47. The van der Waals surface area contributed by atoms with Crippen LogP contribution in [0.25, 0.3) is 0 Å². The quantitative estimate of drug-likeness (QED) is 0.712. The smallest absolute Gasteiger partial charge is 0.317 e. The first-order valence-electron chi connectivity index (χ1n) is 8.32. The Morgan fingerprint density at radius 3 is 2.57 bits per heavy atom. The average molecular weight is 320 g/mol. The lowest BCUT2D eigenvalue weighted by Crippen LogP contribution is -2.45. The fraction of sp³-hybridized carbons (Fsp3) is 0.611. The number of carbonyl (C=O) groups is 1. The molecule has 0 unspecified atom stereocenters. The lowest BCUT2D eigenvalue weighted by atomic mass is 10.1. The number of nitrogens with one attached hydrogen (secondary N) is 1. The molecule has 1 aromatic rings. The first-order chi connectivity index (χ1) is 11.2. The highest BCUT2D eigenvalue weighted by Gasteiger charge is 2.34. The number of hydrogen-bond donors (Lipinski definition) is 1. The van der Waals surface area contributed by atoms with Crippen LogP contribution in [-0.2, 0) is 11.3 Å². The van der Waals surface area contributed by atoms with Crippen LogP contribution in [0.2, 0.25) is 0 Å². The Morgan fingerprint density at radius 2 is 2.00 bits per heavy atom. The minimum Gasteiger partial charge on any atom is -0.497 e. The lowest BCUT2D eigenvalue weighted by molar-refractivity contribution is 0.163. The molecule has 1 aromatic carbocycles. The van der Waals surface area contributed by atoms with Crippen LogP contribution in [0.4, 0.5) is 4.79 Å². The van der Waals surface area contributed by atoms with E-state index in [0.29, 0.717) is 25.6 Å². The van der Waals surface area contributed by atoms with Gasteiger partial charge in [0, 0.05) is 32.8 Å². The standard InChI is InChI=1S/C18H28N2O3/c1-14(16-7-8-16)20(18(21)19-11-4-12-22-2)13-15-5-9-17(23-3)10-6-15/h5-6,9-10,14,16H,4,7-8,11-13H2,1-3H3,(H,19,21)/t14-/m1/s1. The fourth-order valence-corrected chi connectivity index (χ4v) is 2.67. The van der Waals surface area contributed by atoms with E-state index < -0.39 is 0 Å². The Bertz CT molecular complexity index is 486. The van der Waals surface area contributed by atoms with Crippen LogP contribution in [0, 0.1) is 5.92 Å². The van der Waals surface area contributed by atoms with Gasteiger partial charge >= 0.3 is 6.03 Å². The molecule has 0 spiro atoms. The van der Waals surface area contributed by atoms with Gasteiger partial charge in [0.05, 0.1) is 7.11 Å². The number of hydrogen-bond acceptors (Lipinski definition) is 3. The predicted octanol–water partition coefficient (Wildman–Crippen LogP) is 3.04. The van der Waals surface area contributed by atoms with Gasteiger partial charge in [0.25, 0.3) is 0 Å². The summed E-state index contributed by atoms with van der Waals surface area (Å²) in [6.45, 7) is 4.08. The van der Waals surface area contributed by atoms with Crippen LogP contribution in [0.1, 0.15) is 31.7 Å². The first-order valence-corrected chi connectivity index (χ1v) is 8.32. The van der Waals surface area contributed by atoms with E-state index in [0.717, 1.165) is 17.7 Å². The van der Waals surface area contributed by atoms with Crippen molar-refractivity contribution in [2.75, 3.05) is 27.4 Å². The molecule has 0 bridgehead atoms. The average Bonchev–Trinajstić information content (AvgIpc) is 3.41. The number of amides is 2. The lowest BCUT2D eigenvalue weighted by Gasteiger charge is -2.30. The van der Waals surface area contributed by atoms with Crippen molar-refractivity contribution in [3.05, 3.63) is 29.8 Å². The zero-order valence-corrected chi connectivity index (χ0v) is 14.4. The number of carbonyl (C=O) groups excluding carboxylic acids is 1. The molecule has 5 nitrogen and oxygen atoms in total. The maximum Gasteiger partial charge on any atom is 0.317 e. The molecule has 128 valence electrons. The number of rotatable bonds is 9. The van der Waals surface area contributed by atoms with Crippen LogP contribution in [0.15, 0.2) is 24.3 Å². The number of benzene rings is 1. The van der Waals surface area contributed by atoms with Crippen LogP contribution in [0.3, 0.4) is 0 Å². The van der Waals surface area contributed by atoms with Crippen molar-refractivity contribution in [3.63, 3.8) is 0 Å². The Labute approximate surface area is 139 Å². The second-order valence-corrected chi connectivity index (χ2v) is 6.13. The second kappa shape index (κ2) is 8.77. The number of nitrogens with zero attached hydrogens (tertiary/aromatic N) is 1. The normalized spacial score (nSPS) is 15.1. The van der Waals surface area contributed by atoms with Gasteiger partial charge in [0.1, 0.15) is 5.75 Å². The van der Waals surface area contributed by atoms with Crippen molar-refractivity contribution >= 4 is 6.03 Å². The van der Waals surface area contributed by atoms with E-state index in [4.69, 9.17) is 9.47 Å². The molecular weight excluding hydrogens is 292 g/mol. The van der Waals surface area contributed by atoms with Crippen molar-refractivity contribution in [2.24, 2.45) is 5.92 Å². The fourth-order valence-electron chi connectivity index (χ4n) is 2.67. The molecular formula is C18H28N2O3. The van der Waals surface area contributed by atoms with Crippen molar-refractivity contribution < 1.29 is 14.3 Å². The third-order valence-electron chi connectivity index (χ3n) is 4.37. The van der Waals surface area contributed by atoms with Crippen molar-refractivity contribution in [1.29, 1.82) is 0 Å². The minimum atomic E-state index is 0.0105. The monoisotopic (exact) mass is 320 g/mol. The zero-order valence-electron chi connectivity index (χ0n) is 14.4. The molecule has 23 heavy (non-hydrogen) atoms. The third-order valence-corrected chi connectivity index (χ3v) is 4.37. The summed E-state index contributed by atoms with van der Waals surface area (Å²) in [5, 5.41) is 3.01. The Balaban J connectivity index is 1.96. The molecule has 1 aliphatic carbocycles. The molecule has 1 aliphatic rings. The van der Waals surface area contributed by atoms with Gasteiger partial charge in [-0.1, -0.05) is 12.1 Å². The highest BCUT2D eigenvalue weighted by molar-refractivity contribution is 5.74. The minimum absolute atomic E-state index is 0.0105. The Hall–Kier alpha value is -1.75. The van der Waals surface area contributed by atoms with Crippen LogP contribution in [0.5, 0.6) is 5.75 Å². The largest absolute Gasteiger partial charge is 0.497 e. The van der Waals surface area contributed by atoms with Gasteiger partial charge < -0.3 is 19.7 Å². The summed E-state index contributed by atoms with van der Waals surface area (Å²) in [5.41, 5.74) is 1.12. The van der Waals surface area contributed by atoms with Gasteiger partial charge in [-0.3, -0.25) is 0 Å². The van der Waals surface area contributed by atoms with E-state index in [2.05, 4.69) is 12.2 Å². The summed E-state index contributed by atoms with van der Waals surface area (Å²) in [4.78, 5) is 14.5. The summed E-state index contributed by atoms with van der Waals surface area (Å²) < 4.78 is 10.2. The highest BCUT2D eigenvalue weighted by Crippen LogP contribution is 2.35. The van der Waals surface area contributed by atoms with Gasteiger partial charge in [-0.25, -0.2) is 4.79 Å². The molecule has 2 amide bonds. The topological polar surface area (TPSA) is 50.8 Å². The third kappa shape index (κ3) is 5.43. The van der Waals surface area contributed by atoms with Gasteiger partial charge in [0.15, 0.2) is 0 Å². The molecule has 0 saturated heterocycles. The Morgan fingerprint density at radius 1 is 1.30 bits per heavy atom.